The lowest BCUT2D eigenvalue weighted by atomic mass is 10.0. The molecule has 3 rings (SSSR count). The second-order valence-electron chi connectivity index (χ2n) is 6.72. The molecule has 0 atom stereocenters. The molecule has 0 saturated carbocycles. The van der Waals surface area contributed by atoms with Crippen molar-refractivity contribution in [3.8, 4) is 0 Å². The largest absolute Gasteiger partial charge is 0.369 e. The zero-order valence-electron chi connectivity index (χ0n) is 15.0. The van der Waals surface area contributed by atoms with Gasteiger partial charge in [-0.25, -0.2) is 8.78 Å². The second-order valence-corrected chi connectivity index (χ2v) is 6.72. The lowest BCUT2D eigenvalue weighted by Crippen LogP contribution is -2.42. The third-order valence-corrected chi connectivity index (χ3v) is 4.96. The summed E-state index contributed by atoms with van der Waals surface area (Å²) in [6.45, 7) is 1.88. The fourth-order valence-electron chi connectivity index (χ4n) is 3.28. The summed E-state index contributed by atoms with van der Waals surface area (Å²) in [5, 5.41) is 2.38. The molecule has 0 spiro atoms. The van der Waals surface area contributed by atoms with Crippen molar-refractivity contribution in [2.45, 2.75) is 18.9 Å². The van der Waals surface area contributed by atoms with Crippen molar-refractivity contribution in [3.63, 3.8) is 0 Å². The zero-order valence-corrected chi connectivity index (χ0v) is 15.0. The first-order valence-corrected chi connectivity index (χ1v) is 8.73. The van der Waals surface area contributed by atoms with Crippen LogP contribution in [0.4, 0.5) is 20.2 Å². The molecule has 1 heterocycles. The van der Waals surface area contributed by atoms with Gasteiger partial charge in [-0.3, -0.25) is 4.79 Å². The van der Waals surface area contributed by atoms with Crippen molar-refractivity contribution in [2.75, 3.05) is 37.4 Å². The molecule has 4 nitrogen and oxygen atoms in total. The molecular weight excluding hydrogens is 336 g/mol. The van der Waals surface area contributed by atoms with Crippen molar-refractivity contribution in [1.82, 2.24) is 4.90 Å². The first-order valence-electron chi connectivity index (χ1n) is 8.73. The van der Waals surface area contributed by atoms with Crippen LogP contribution in [-0.4, -0.2) is 44.0 Å². The first kappa shape index (κ1) is 18.3. The number of nitrogens with zero attached hydrogens (tertiary/aromatic N) is 2. The van der Waals surface area contributed by atoms with Gasteiger partial charge < -0.3 is 15.1 Å². The Labute approximate surface area is 152 Å². The Kier molecular flexibility index (Phi) is 5.52. The number of piperidine rings is 1. The number of rotatable bonds is 4. The third-order valence-electron chi connectivity index (χ3n) is 4.96. The minimum Gasteiger partial charge on any atom is -0.369 e. The number of halogens is 2. The van der Waals surface area contributed by atoms with E-state index in [0.29, 0.717) is 11.3 Å². The summed E-state index contributed by atoms with van der Waals surface area (Å²) in [5.74, 6) is -2.06. The van der Waals surface area contributed by atoms with Gasteiger partial charge in [0, 0.05) is 18.7 Å². The number of amides is 1. The molecule has 2 aromatic rings. The summed E-state index contributed by atoms with van der Waals surface area (Å²) < 4.78 is 29.2. The lowest BCUT2D eigenvalue weighted by Gasteiger charge is -2.36. The summed E-state index contributed by atoms with van der Waals surface area (Å²) in [6.07, 6.45) is 1.82. The highest BCUT2D eigenvalue weighted by Crippen LogP contribution is 2.31. The molecule has 1 amide bonds. The number of hydrogen-bond donors (Lipinski definition) is 1. The molecule has 6 heteroatoms. The minimum atomic E-state index is -0.785. The molecule has 1 saturated heterocycles. The molecule has 1 N–H and O–H groups in total. The molecule has 1 aliphatic rings. The highest BCUT2D eigenvalue weighted by molar-refractivity contribution is 6.04. The number of anilines is 2. The maximum absolute atomic E-state index is 15.0. The fraction of sp³-hybridized carbons (Fsp3) is 0.350. The molecule has 0 aromatic heterocycles. The fourth-order valence-corrected chi connectivity index (χ4v) is 3.28. The minimum absolute atomic E-state index is 0.184. The van der Waals surface area contributed by atoms with Crippen molar-refractivity contribution in [2.24, 2.45) is 0 Å². The molecule has 2 aromatic carbocycles. The summed E-state index contributed by atoms with van der Waals surface area (Å²) in [7, 11) is 3.88. The monoisotopic (exact) mass is 359 g/mol. The molecule has 1 aliphatic heterocycles. The van der Waals surface area contributed by atoms with Gasteiger partial charge in [0.1, 0.15) is 11.5 Å². The number of likely N-dealkylation sites (tertiary alicyclic amines) is 1. The molecule has 138 valence electrons. The van der Waals surface area contributed by atoms with E-state index in [9.17, 15) is 13.6 Å². The van der Waals surface area contributed by atoms with E-state index in [-0.39, 0.29) is 6.04 Å². The van der Waals surface area contributed by atoms with Crippen LogP contribution in [0.2, 0.25) is 0 Å². The van der Waals surface area contributed by atoms with Gasteiger partial charge in [-0.15, -0.1) is 0 Å². The van der Waals surface area contributed by atoms with Crippen LogP contribution in [0, 0.1) is 11.6 Å². The lowest BCUT2D eigenvalue weighted by molar-refractivity contribution is 0.102. The second kappa shape index (κ2) is 7.83. The summed E-state index contributed by atoms with van der Waals surface area (Å²) >= 11 is 0. The van der Waals surface area contributed by atoms with Gasteiger partial charge >= 0.3 is 0 Å². The average molecular weight is 359 g/mol. The first-order chi connectivity index (χ1) is 12.5. The van der Waals surface area contributed by atoms with E-state index in [4.69, 9.17) is 0 Å². The normalized spacial score (nSPS) is 15.7. The van der Waals surface area contributed by atoms with Crippen molar-refractivity contribution in [3.05, 3.63) is 59.7 Å². The maximum atomic E-state index is 15.0. The van der Waals surface area contributed by atoms with Crippen LogP contribution in [0.25, 0.3) is 0 Å². The molecule has 26 heavy (non-hydrogen) atoms. The highest BCUT2D eigenvalue weighted by atomic mass is 19.1. The Balaban J connectivity index is 1.83. The van der Waals surface area contributed by atoms with E-state index in [1.165, 1.54) is 12.1 Å². The molecule has 0 unspecified atom stereocenters. The highest BCUT2D eigenvalue weighted by Gasteiger charge is 2.25. The van der Waals surface area contributed by atoms with Crippen LogP contribution in [-0.2, 0) is 0 Å². The Morgan fingerprint density at radius 3 is 2.42 bits per heavy atom. The van der Waals surface area contributed by atoms with Crippen LogP contribution < -0.4 is 10.2 Å². The summed E-state index contributed by atoms with van der Waals surface area (Å²) in [6, 6.07) is 11.2. The topological polar surface area (TPSA) is 35.6 Å². The van der Waals surface area contributed by atoms with Crippen LogP contribution in [0.1, 0.15) is 23.2 Å². The number of carbonyl (C=O) groups excluding carboxylic acids is 1. The van der Waals surface area contributed by atoms with Crippen molar-refractivity contribution in [1.29, 1.82) is 0 Å². The van der Waals surface area contributed by atoms with Crippen LogP contribution in [0.5, 0.6) is 0 Å². The maximum Gasteiger partial charge on any atom is 0.255 e. The van der Waals surface area contributed by atoms with Gasteiger partial charge in [0.05, 0.1) is 5.69 Å². The molecular formula is C20H23F2N3O. The van der Waals surface area contributed by atoms with Gasteiger partial charge in [-0.05, 0) is 57.2 Å². The van der Waals surface area contributed by atoms with Crippen LogP contribution in [0.3, 0.4) is 0 Å². The summed E-state index contributed by atoms with van der Waals surface area (Å²) in [5.41, 5.74) is 0.237. The van der Waals surface area contributed by atoms with E-state index in [2.05, 4.69) is 17.3 Å². The van der Waals surface area contributed by atoms with Crippen molar-refractivity contribution < 1.29 is 13.6 Å². The number of benzene rings is 2. The Hall–Kier alpha value is -2.47. The number of hydrogen-bond acceptors (Lipinski definition) is 3. The molecule has 0 radical (unpaired) electrons. The Morgan fingerprint density at radius 2 is 1.77 bits per heavy atom. The number of carbonyl (C=O) groups is 1. The van der Waals surface area contributed by atoms with Crippen molar-refractivity contribution >= 4 is 17.3 Å². The predicted molar refractivity (Wildman–Crippen MR) is 99.7 cm³/mol. The predicted octanol–water partition coefficient (Wildman–Crippen LogP) is 3.75. The number of nitrogens with one attached hydrogen (secondary N) is 1. The van der Waals surface area contributed by atoms with Gasteiger partial charge in [0.25, 0.3) is 5.91 Å². The van der Waals surface area contributed by atoms with E-state index in [1.807, 2.05) is 11.9 Å². The molecule has 0 bridgehead atoms. The van der Waals surface area contributed by atoms with E-state index < -0.39 is 23.2 Å². The van der Waals surface area contributed by atoms with Gasteiger partial charge in [0.15, 0.2) is 5.82 Å². The standard InChI is InChI=1S/C20H23F2N3O/c1-24-12-10-15(11-13-24)25(2)17-9-8-16(21)19(18(17)22)23-20(26)14-6-4-3-5-7-14/h3-9,15H,10-13H2,1-2H3,(H,23,26). The Morgan fingerprint density at radius 1 is 1.12 bits per heavy atom. The molecule has 1 fully saturated rings. The van der Waals surface area contributed by atoms with Crippen LogP contribution >= 0.6 is 0 Å². The third kappa shape index (κ3) is 3.85. The quantitative estimate of drug-likeness (QED) is 0.903. The Bertz CT molecular complexity index is 774. The smallest absolute Gasteiger partial charge is 0.255 e. The van der Waals surface area contributed by atoms with Crippen LogP contribution in [0.15, 0.2) is 42.5 Å². The van der Waals surface area contributed by atoms with Gasteiger partial charge in [0.2, 0.25) is 0 Å². The van der Waals surface area contributed by atoms with E-state index in [1.54, 1.807) is 30.3 Å². The van der Waals surface area contributed by atoms with E-state index in [0.717, 1.165) is 25.9 Å². The summed E-state index contributed by atoms with van der Waals surface area (Å²) in [4.78, 5) is 16.4. The zero-order chi connectivity index (χ0) is 18.7. The van der Waals surface area contributed by atoms with Gasteiger partial charge in [-0.2, -0.15) is 0 Å². The van der Waals surface area contributed by atoms with E-state index >= 15 is 0 Å². The van der Waals surface area contributed by atoms with Gasteiger partial charge in [-0.1, -0.05) is 18.2 Å². The average Bonchev–Trinajstić information content (AvgIpc) is 2.66. The molecule has 0 aliphatic carbocycles. The SMILES string of the molecule is CN1CCC(N(C)c2ccc(F)c(NC(=O)c3ccccc3)c2F)CC1.